The molecule has 1 rings (SSSR count). The molecule has 0 aliphatic rings. The van der Waals surface area contributed by atoms with Gasteiger partial charge in [-0.1, -0.05) is 25.4 Å². The fourth-order valence-corrected chi connectivity index (χ4v) is 3.37. The van der Waals surface area contributed by atoms with Gasteiger partial charge in [0.1, 0.15) is 11.6 Å². The third-order valence-corrected chi connectivity index (χ3v) is 4.62. The third kappa shape index (κ3) is 5.55. The van der Waals surface area contributed by atoms with Crippen molar-refractivity contribution in [2.75, 3.05) is 12.4 Å². The lowest BCUT2D eigenvalue weighted by Gasteiger charge is -2.20. The minimum absolute atomic E-state index is 0.0193. The summed E-state index contributed by atoms with van der Waals surface area (Å²) in [5.41, 5.74) is 0. The van der Waals surface area contributed by atoms with Gasteiger partial charge in [-0.2, -0.15) is 0 Å². The highest BCUT2D eigenvalue weighted by atomic mass is 79.9. The first-order valence-corrected chi connectivity index (χ1v) is 8.76. The molecule has 0 radical (unpaired) electrons. The van der Waals surface area contributed by atoms with Crippen LogP contribution in [0.3, 0.4) is 0 Å². The highest BCUT2D eigenvalue weighted by Crippen LogP contribution is 2.31. The van der Waals surface area contributed by atoms with Crippen LogP contribution in [0.25, 0.3) is 0 Å². The van der Waals surface area contributed by atoms with E-state index in [0.29, 0.717) is 4.47 Å². The van der Waals surface area contributed by atoms with E-state index >= 15 is 0 Å². The Morgan fingerprint density at radius 1 is 1.45 bits per heavy atom. The Balaban J connectivity index is 2.80. The minimum atomic E-state index is -3.58. The maximum atomic E-state index is 13.4. The zero-order chi connectivity index (χ0) is 15.5. The predicted molar refractivity (Wildman–Crippen MR) is 80.9 cm³/mol. The third-order valence-electron chi connectivity index (χ3n) is 2.82. The van der Waals surface area contributed by atoms with E-state index in [9.17, 15) is 12.8 Å². The first kappa shape index (κ1) is 17.7. The monoisotopic (exact) mass is 387 g/mol. The van der Waals surface area contributed by atoms with E-state index in [2.05, 4.69) is 15.9 Å². The highest BCUT2D eigenvalue weighted by molar-refractivity contribution is 9.10. The molecule has 1 atom stereocenters. The summed E-state index contributed by atoms with van der Waals surface area (Å²) >= 11 is 8.84. The molecule has 114 valence electrons. The Morgan fingerprint density at radius 2 is 2.05 bits per heavy atom. The first-order chi connectivity index (χ1) is 9.10. The van der Waals surface area contributed by atoms with Crippen LogP contribution in [0.2, 0.25) is 5.02 Å². The van der Waals surface area contributed by atoms with E-state index < -0.39 is 15.8 Å². The largest absolute Gasteiger partial charge is 0.492 e. The van der Waals surface area contributed by atoms with Gasteiger partial charge in [0.25, 0.3) is 0 Å². The van der Waals surface area contributed by atoms with Gasteiger partial charge in [-0.15, -0.1) is 0 Å². The van der Waals surface area contributed by atoms with Gasteiger partial charge in [0.15, 0.2) is 0 Å². The molecule has 1 aromatic rings. The Bertz CT molecular complexity index is 580. The second-order valence-electron chi connectivity index (χ2n) is 4.84. The summed E-state index contributed by atoms with van der Waals surface area (Å²) in [4.78, 5) is 0. The molecule has 0 heterocycles. The Labute approximate surface area is 131 Å². The molecule has 0 saturated heterocycles. The maximum absolute atomic E-state index is 13.4. The standard InChI is InChI=1S/C12H16BrClFNO3S/c1-7(2)8(6-20(16,17)18)5-19-12-4-11(15)10(14)3-9(12)13/h3-4,7-8H,5-6H2,1-2H3,(H2,16,17,18). The molecular weight excluding hydrogens is 373 g/mol. The smallest absolute Gasteiger partial charge is 0.209 e. The Hall–Kier alpha value is -0.370. The summed E-state index contributed by atoms with van der Waals surface area (Å²) in [5, 5.41) is 5.03. The second-order valence-corrected chi connectivity index (χ2v) is 7.76. The van der Waals surface area contributed by atoms with Crippen molar-refractivity contribution in [3.8, 4) is 5.75 Å². The molecule has 0 aromatic heterocycles. The first-order valence-electron chi connectivity index (χ1n) is 5.88. The molecule has 0 spiro atoms. The van der Waals surface area contributed by atoms with Crippen LogP contribution >= 0.6 is 27.5 Å². The summed E-state index contributed by atoms with van der Waals surface area (Å²) in [7, 11) is -3.58. The average molecular weight is 389 g/mol. The Morgan fingerprint density at radius 3 is 2.55 bits per heavy atom. The minimum Gasteiger partial charge on any atom is -0.492 e. The van der Waals surface area contributed by atoms with Gasteiger partial charge >= 0.3 is 0 Å². The lowest BCUT2D eigenvalue weighted by molar-refractivity contribution is 0.223. The molecule has 2 N–H and O–H groups in total. The van der Waals surface area contributed by atoms with Gasteiger partial charge in [0, 0.05) is 12.0 Å². The lowest BCUT2D eigenvalue weighted by Crippen LogP contribution is -2.30. The van der Waals surface area contributed by atoms with Crippen LogP contribution in [0, 0.1) is 17.7 Å². The van der Waals surface area contributed by atoms with Crippen LogP contribution in [-0.4, -0.2) is 20.8 Å². The van der Waals surface area contributed by atoms with Gasteiger partial charge in [0.2, 0.25) is 10.0 Å². The molecule has 0 fully saturated rings. The number of hydrogen-bond donors (Lipinski definition) is 1. The quantitative estimate of drug-likeness (QED) is 0.761. The van der Waals surface area contributed by atoms with Crippen LogP contribution < -0.4 is 9.88 Å². The molecule has 4 nitrogen and oxygen atoms in total. The number of halogens is 3. The normalized spacial score (nSPS) is 13.6. The fraction of sp³-hybridized carbons (Fsp3) is 0.500. The summed E-state index contributed by atoms with van der Waals surface area (Å²) in [6.45, 7) is 3.86. The topological polar surface area (TPSA) is 69.4 Å². The van der Waals surface area contributed by atoms with Gasteiger partial charge in [-0.25, -0.2) is 17.9 Å². The molecule has 0 aliphatic carbocycles. The van der Waals surface area contributed by atoms with Gasteiger partial charge < -0.3 is 4.74 Å². The number of ether oxygens (including phenoxy) is 1. The van der Waals surface area contributed by atoms with Gasteiger partial charge in [0.05, 0.1) is 21.9 Å². The van der Waals surface area contributed by atoms with Crippen molar-refractivity contribution in [1.29, 1.82) is 0 Å². The Kier molecular flexibility index (Phi) is 6.25. The zero-order valence-electron chi connectivity index (χ0n) is 11.1. The zero-order valence-corrected chi connectivity index (χ0v) is 14.2. The van der Waals surface area contributed by atoms with Crippen molar-refractivity contribution in [2.45, 2.75) is 13.8 Å². The van der Waals surface area contributed by atoms with Crippen molar-refractivity contribution in [2.24, 2.45) is 17.0 Å². The molecule has 0 aliphatic heterocycles. The molecule has 0 amide bonds. The van der Waals surface area contributed by atoms with Crippen molar-refractivity contribution >= 4 is 37.6 Å². The SMILES string of the molecule is CC(C)C(COc1cc(F)c(Cl)cc1Br)CS(N)(=O)=O. The number of hydrogen-bond acceptors (Lipinski definition) is 3. The summed E-state index contributed by atoms with van der Waals surface area (Å²) in [6.07, 6.45) is 0. The fourth-order valence-electron chi connectivity index (χ4n) is 1.54. The molecule has 0 bridgehead atoms. The van der Waals surface area contributed by atoms with E-state index in [1.165, 1.54) is 6.07 Å². The highest BCUT2D eigenvalue weighted by Gasteiger charge is 2.21. The number of nitrogens with two attached hydrogens (primary N) is 1. The van der Waals surface area contributed by atoms with Crippen molar-refractivity contribution in [3.63, 3.8) is 0 Å². The number of primary sulfonamides is 1. The molecule has 1 unspecified atom stereocenters. The van der Waals surface area contributed by atoms with E-state index in [1.54, 1.807) is 0 Å². The van der Waals surface area contributed by atoms with Crippen molar-refractivity contribution in [3.05, 3.63) is 27.4 Å². The number of rotatable bonds is 6. The van der Waals surface area contributed by atoms with E-state index in [-0.39, 0.29) is 35.0 Å². The number of sulfonamides is 1. The lowest BCUT2D eigenvalue weighted by atomic mass is 9.99. The van der Waals surface area contributed by atoms with Crippen LogP contribution in [0.15, 0.2) is 16.6 Å². The van der Waals surface area contributed by atoms with E-state index in [0.717, 1.165) is 6.07 Å². The molecular formula is C12H16BrClFNO3S. The van der Waals surface area contributed by atoms with Crippen molar-refractivity contribution < 1.29 is 17.5 Å². The van der Waals surface area contributed by atoms with E-state index in [1.807, 2.05) is 13.8 Å². The van der Waals surface area contributed by atoms with Gasteiger partial charge in [-0.05, 0) is 27.9 Å². The molecule has 0 saturated carbocycles. The predicted octanol–water partition coefficient (Wildman–Crippen LogP) is 3.18. The number of benzene rings is 1. The van der Waals surface area contributed by atoms with Crippen LogP contribution in [0.5, 0.6) is 5.75 Å². The average Bonchev–Trinajstić information content (AvgIpc) is 2.28. The van der Waals surface area contributed by atoms with Gasteiger partial charge in [-0.3, -0.25) is 0 Å². The van der Waals surface area contributed by atoms with E-state index in [4.69, 9.17) is 21.5 Å². The van der Waals surface area contributed by atoms with Crippen molar-refractivity contribution in [1.82, 2.24) is 0 Å². The summed E-state index contributed by atoms with van der Waals surface area (Å²) < 4.78 is 41.7. The molecule has 8 heteroatoms. The van der Waals surface area contributed by atoms with Crippen LogP contribution in [0.4, 0.5) is 4.39 Å². The summed E-state index contributed by atoms with van der Waals surface area (Å²) in [5.74, 6) is -0.734. The molecule has 1 aromatic carbocycles. The van der Waals surface area contributed by atoms with Crippen LogP contribution in [-0.2, 0) is 10.0 Å². The maximum Gasteiger partial charge on any atom is 0.209 e. The molecule has 20 heavy (non-hydrogen) atoms. The second kappa shape index (κ2) is 7.06. The van der Waals surface area contributed by atoms with Crippen LogP contribution in [0.1, 0.15) is 13.8 Å². The summed E-state index contributed by atoms with van der Waals surface area (Å²) in [6, 6.07) is 2.54.